The van der Waals surface area contributed by atoms with E-state index < -0.39 is 0 Å². The molecule has 76 valence electrons. The largest absolute Gasteiger partial charge is 0.0625 e. The lowest BCUT2D eigenvalue weighted by Gasteiger charge is -2.43. The molecule has 2 rings (SSSR count). The monoisotopic (exact) mass is 180 g/mol. The third kappa shape index (κ3) is 1.92. The quantitative estimate of drug-likeness (QED) is 0.566. The summed E-state index contributed by atoms with van der Waals surface area (Å²) in [6.45, 7) is 4.86. The molecule has 13 heavy (non-hydrogen) atoms. The van der Waals surface area contributed by atoms with Crippen LogP contribution in [0.2, 0.25) is 0 Å². The molecule has 0 heteroatoms. The molecule has 2 fully saturated rings. The third-order valence-corrected chi connectivity index (χ3v) is 4.49. The first-order valence-corrected chi connectivity index (χ1v) is 6.29. The predicted octanol–water partition coefficient (Wildman–Crippen LogP) is 4.25. The van der Waals surface area contributed by atoms with E-state index in [1.165, 1.54) is 25.7 Å². The SMILES string of the molecule is CC(C)[C@@H]1CCCC2CCCCC21. The van der Waals surface area contributed by atoms with Crippen molar-refractivity contribution in [1.82, 2.24) is 0 Å². The molecular formula is C13H24. The van der Waals surface area contributed by atoms with Gasteiger partial charge in [0.25, 0.3) is 0 Å². The van der Waals surface area contributed by atoms with Crippen LogP contribution in [0.3, 0.4) is 0 Å². The van der Waals surface area contributed by atoms with Crippen LogP contribution < -0.4 is 0 Å². The minimum atomic E-state index is 0.936. The Bertz CT molecular complexity index is 157. The standard InChI is InChI=1S/C13H24/c1-10(2)12-9-5-7-11-6-3-4-8-13(11)12/h10-13H,3-9H2,1-2H3/t11?,12-,13?/m0/s1. The van der Waals surface area contributed by atoms with Crippen LogP contribution in [-0.4, -0.2) is 0 Å². The van der Waals surface area contributed by atoms with E-state index >= 15 is 0 Å². The highest BCUT2D eigenvalue weighted by molar-refractivity contribution is 4.86. The molecule has 0 amide bonds. The molecule has 0 N–H and O–H groups in total. The normalized spacial score (nSPS) is 40.4. The van der Waals surface area contributed by atoms with E-state index in [9.17, 15) is 0 Å². The Balaban J connectivity index is 2.02. The van der Waals surface area contributed by atoms with Crippen molar-refractivity contribution < 1.29 is 0 Å². The van der Waals surface area contributed by atoms with Crippen molar-refractivity contribution in [3.63, 3.8) is 0 Å². The average Bonchev–Trinajstić information content (AvgIpc) is 2.17. The maximum atomic E-state index is 2.43. The Morgan fingerprint density at radius 1 is 0.846 bits per heavy atom. The molecule has 0 bridgehead atoms. The lowest BCUT2D eigenvalue weighted by Crippen LogP contribution is -2.33. The van der Waals surface area contributed by atoms with Gasteiger partial charge in [0.15, 0.2) is 0 Å². The van der Waals surface area contributed by atoms with Crippen molar-refractivity contribution in [3.8, 4) is 0 Å². The fraction of sp³-hybridized carbons (Fsp3) is 1.00. The first-order chi connectivity index (χ1) is 6.29. The molecule has 3 atom stereocenters. The summed E-state index contributed by atoms with van der Waals surface area (Å²) in [7, 11) is 0. The fourth-order valence-corrected chi connectivity index (χ4v) is 3.82. The Labute approximate surface area is 83.1 Å². The molecule has 0 aromatic rings. The molecule has 0 saturated heterocycles. The van der Waals surface area contributed by atoms with E-state index in [4.69, 9.17) is 0 Å². The predicted molar refractivity (Wildman–Crippen MR) is 57.6 cm³/mol. The van der Waals surface area contributed by atoms with Crippen molar-refractivity contribution in [2.45, 2.75) is 58.8 Å². The van der Waals surface area contributed by atoms with E-state index in [2.05, 4.69) is 13.8 Å². The Morgan fingerprint density at radius 3 is 2.31 bits per heavy atom. The second kappa shape index (κ2) is 4.02. The van der Waals surface area contributed by atoms with Gasteiger partial charge in [-0.15, -0.1) is 0 Å². The number of fused-ring (bicyclic) bond motifs is 1. The van der Waals surface area contributed by atoms with Gasteiger partial charge in [-0.3, -0.25) is 0 Å². The van der Waals surface area contributed by atoms with Crippen LogP contribution in [0.1, 0.15) is 58.8 Å². The highest BCUT2D eigenvalue weighted by Gasteiger charge is 2.35. The summed E-state index contributed by atoms with van der Waals surface area (Å²) in [5.41, 5.74) is 0. The van der Waals surface area contributed by atoms with Gasteiger partial charge in [-0.2, -0.15) is 0 Å². The van der Waals surface area contributed by atoms with Crippen LogP contribution in [0.15, 0.2) is 0 Å². The summed E-state index contributed by atoms with van der Waals surface area (Å²) >= 11 is 0. The van der Waals surface area contributed by atoms with Crippen molar-refractivity contribution in [3.05, 3.63) is 0 Å². The fourth-order valence-electron chi connectivity index (χ4n) is 3.82. The van der Waals surface area contributed by atoms with Crippen molar-refractivity contribution in [2.75, 3.05) is 0 Å². The summed E-state index contributed by atoms with van der Waals surface area (Å²) in [4.78, 5) is 0. The van der Waals surface area contributed by atoms with E-state index in [0.717, 1.165) is 23.7 Å². The van der Waals surface area contributed by atoms with Gasteiger partial charge in [-0.05, 0) is 36.5 Å². The molecule has 2 unspecified atom stereocenters. The van der Waals surface area contributed by atoms with Gasteiger partial charge in [0, 0.05) is 0 Å². The van der Waals surface area contributed by atoms with Crippen LogP contribution in [0.25, 0.3) is 0 Å². The topological polar surface area (TPSA) is 0 Å². The Morgan fingerprint density at radius 2 is 1.54 bits per heavy atom. The summed E-state index contributed by atoms with van der Waals surface area (Å²) in [5.74, 6) is 4.24. The summed E-state index contributed by atoms with van der Waals surface area (Å²) in [6.07, 6.45) is 10.7. The first kappa shape index (κ1) is 9.55. The maximum absolute atomic E-state index is 2.43. The van der Waals surface area contributed by atoms with Crippen LogP contribution in [0.5, 0.6) is 0 Å². The molecule has 2 saturated carbocycles. The minimum absolute atomic E-state index is 0.936. The Kier molecular flexibility index (Phi) is 2.96. The van der Waals surface area contributed by atoms with Gasteiger partial charge in [0.1, 0.15) is 0 Å². The number of hydrogen-bond acceptors (Lipinski definition) is 0. The molecule has 0 aliphatic heterocycles. The zero-order chi connectivity index (χ0) is 9.26. The molecule has 0 nitrogen and oxygen atoms in total. The summed E-state index contributed by atoms with van der Waals surface area (Å²) < 4.78 is 0. The van der Waals surface area contributed by atoms with Gasteiger partial charge in [-0.25, -0.2) is 0 Å². The second-order valence-electron chi connectivity index (χ2n) is 5.55. The van der Waals surface area contributed by atoms with Gasteiger partial charge in [-0.1, -0.05) is 46.0 Å². The first-order valence-electron chi connectivity index (χ1n) is 6.29. The highest BCUT2D eigenvalue weighted by atomic mass is 14.4. The lowest BCUT2D eigenvalue weighted by atomic mass is 9.63. The molecule has 0 radical (unpaired) electrons. The summed E-state index contributed by atoms with van der Waals surface area (Å²) in [5, 5.41) is 0. The van der Waals surface area contributed by atoms with Crippen LogP contribution >= 0.6 is 0 Å². The molecule has 0 aromatic heterocycles. The molecule has 2 aliphatic rings. The highest BCUT2D eigenvalue weighted by Crippen LogP contribution is 2.46. The molecule has 0 spiro atoms. The van der Waals surface area contributed by atoms with Crippen LogP contribution in [0.4, 0.5) is 0 Å². The maximum Gasteiger partial charge on any atom is -0.0355 e. The van der Waals surface area contributed by atoms with Crippen LogP contribution in [-0.2, 0) is 0 Å². The summed E-state index contributed by atoms with van der Waals surface area (Å²) in [6, 6.07) is 0. The minimum Gasteiger partial charge on any atom is -0.0625 e. The number of hydrogen-bond donors (Lipinski definition) is 0. The Hall–Kier alpha value is 0. The van der Waals surface area contributed by atoms with E-state index in [-0.39, 0.29) is 0 Å². The third-order valence-electron chi connectivity index (χ3n) is 4.49. The molecule has 2 aliphatic carbocycles. The van der Waals surface area contributed by atoms with Crippen molar-refractivity contribution in [1.29, 1.82) is 0 Å². The van der Waals surface area contributed by atoms with E-state index in [1.54, 1.807) is 19.3 Å². The van der Waals surface area contributed by atoms with Crippen molar-refractivity contribution >= 4 is 0 Å². The van der Waals surface area contributed by atoms with Crippen LogP contribution in [0, 0.1) is 23.7 Å². The second-order valence-corrected chi connectivity index (χ2v) is 5.55. The van der Waals surface area contributed by atoms with Gasteiger partial charge in [0.05, 0.1) is 0 Å². The average molecular weight is 180 g/mol. The zero-order valence-corrected chi connectivity index (χ0v) is 9.26. The molecule has 0 aromatic carbocycles. The van der Waals surface area contributed by atoms with Gasteiger partial charge >= 0.3 is 0 Å². The smallest absolute Gasteiger partial charge is 0.0355 e. The molecular weight excluding hydrogens is 156 g/mol. The van der Waals surface area contributed by atoms with Crippen molar-refractivity contribution in [2.24, 2.45) is 23.7 Å². The van der Waals surface area contributed by atoms with E-state index in [1.807, 2.05) is 0 Å². The van der Waals surface area contributed by atoms with Gasteiger partial charge in [0.2, 0.25) is 0 Å². The van der Waals surface area contributed by atoms with Gasteiger partial charge < -0.3 is 0 Å². The molecule has 0 heterocycles. The van der Waals surface area contributed by atoms with E-state index in [0.29, 0.717) is 0 Å². The zero-order valence-electron chi connectivity index (χ0n) is 9.26. The number of rotatable bonds is 1. The lowest BCUT2D eigenvalue weighted by molar-refractivity contribution is 0.0747.